The largest absolute Gasteiger partial charge is 0.378 e. The molecule has 0 aliphatic carbocycles. The van der Waals surface area contributed by atoms with Crippen molar-refractivity contribution in [3.8, 4) is 0 Å². The Bertz CT molecular complexity index is 1260. The molecule has 2 aliphatic rings. The molecule has 2 heterocycles. The molecule has 2 saturated heterocycles. The molecule has 162 valence electrons. The van der Waals surface area contributed by atoms with E-state index in [0.717, 1.165) is 10.9 Å². The van der Waals surface area contributed by atoms with Gasteiger partial charge in [-0.05, 0) is 26.0 Å². The van der Waals surface area contributed by atoms with Gasteiger partial charge < -0.3 is 0 Å². The second-order valence-electron chi connectivity index (χ2n) is 9.63. The predicted molar refractivity (Wildman–Crippen MR) is 137 cm³/mol. The quantitative estimate of drug-likeness (QED) is 0.186. The predicted octanol–water partition coefficient (Wildman–Crippen LogP) is 7.04. The van der Waals surface area contributed by atoms with E-state index in [1.54, 1.807) is 0 Å². The number of fused-ring (bicyclic) bond motifs is 1. The Morgan fingerprint density at radius 1 is 0.697 bits per heavy atom. The summed E-state index contributed by atoms with van der Waals surface area (Å²) in [6, 6.07) is 40.9. The first-order valence-electron chi connectivity index (χ1n) is 11.8. The van der Waals surface area contributed by atoms with Crippen LogP contribution in [-0.2, 0) is 5.66 Å². The van der Waals surface area contributed by atoms with Gasteiger partial charge in [0.15, 0.2) is 6.04 Å². The first-order chi connectivity index (χ1) is 16.1. The van der Waals surface area contributed by atoms with Gasteiger partial charge >= 0.3 is 5.66 Å². The van der Waals surface area contributed by atoms with Gasteiger partial charge in [0.2, 0.25) is 6.04 Å². The summed E-state index contributed by atoms with van der Waals surface area (Å²) in [5.41, 5.74) is 7.68. The minimum atomic E-state index is -0.244. The molecule has 3 atom stereocenters. The van der Waals surface area contributed by atoms with Gasteiger partial charge in [0.1, 0.15) is 18.1 Å². The van der Waals surface area contributed by atoms with E-state index < -0.39 is 0 Å². The monoisotopic (exact) mass is 430 g/mol. The topological polar surface area (TPSA) is 3.01 Å². The minimum absolute atomic E-state index is 0.244. The van der Waals surface area contributed by atoms with Crippen LogP contribution in [0.4, 0.5) is 11.4 Å². The summed E-state index contributed by atoms with van der Waals surface area (Å²) >= 11 is 0. The van der Waals surface area contributed by atoms with Crippen LogP contribution in [0, 0.1) is 13.8 Å². The smallest absolute Gasteiger partial charge is 0.175 e. The average molecular weight is 431 g/mol. The van der Waals surface area contributed by atoms with E-state index in [1.807, 2.05) is 0 Å². The Morgan fingerprint density at radius 2 is 1.18 bits per heavy atom. The highest BCUT2D eigenvalue weighted by Gasteiger charge is 2.94. The molecule has 2 heteroatoms. The maximum absolute atomic E-state index is 4.77. The van der Waals surface area contributed by atoms with Crippen LogP contribution in [0.5, 0.6) is 0 Å². The maximum Gasteiger partial charge on any atom is 0.378 e. The number of hydrogen-bond donors (Lipinski definition) is 0. The lowest BCUT2D eigenvalue weighted by atomic mass is 10.0. The molecular formula is C31H30N2+2. The molecule has 4 aromatic carbocycles. The molecule has 1 unspecified atom stereocenters. The van der Waals surface area contributed by atoms with Crippen LogP contribution in [0.15, 0.2) is 109 Å². The van der Waals surface area contributed by atoms with Gasteiger partial charge in [0.25, 0.3) is 0 Å². The van der Waals surface area contributed by atoms with Crippen LogP contribution in [0.1, 0.15) is 34.7 Å². The van der Waals surface area contributed by atoms with Crippen molar-refractivity contribution in [3.63, 3.8) is 0 Å². The van der Waals surface area contributed by atoms with Crippen molar-refractivity contribution in [3.05, 3.63) is 131 Å². The van der Waals surface area contributed by atoms with Crippen molar-refractivity contribution in [1.82, 2.24) is 4.48 Å². The molecule has 2 fully saturated rings. The molecule has 33 heavy (non-hydrogen) atoms. The van der Waals surface area contributed by atoms with Gasteiger partial charge in [-0.25, -0.2) is 0 Å². The molecule has 0 radical (unpaired) electrons. The molecule has 0 bridgehead atoms. The summed E-state index contributed by atoms with van der Waals surface area (Å²) in [7, 11) is 0. The van der Waals surface area contributed by atoms with Crippen molar-refractivity contribution in [2.24, 2.45) is 0 Å². The number of nitrogens with zero attached hydrogens (tertiary/aromatic N) is 2. The van der Waals surface area contributed by atoms with Crippen LogP contribution in [-0.4, -0.2) is 17.3 Å². The van der Waals surface area contributed by atoms with Crippen LogP contribution in [0.2, 0.25) is 0 Å². The van der Waals surface area contributed by atoms with E-state index in [2.05, 4.69) is 128 Å². The number of hydrogen-bond acceptors (Lipinski definition) is 0. The van der Waals surface area contributed by atoms with Gasteiger partial charge in [-0.3, -0.25) is 0 Å². The normalized spacial score (nSPS) is 25.0. The van der Waals surface area contributed by atoms with Crippen LogP contribution in [0.3, 0.4) is 0 Å². The summed E-state index contributed by atoms with van der Waals surface area (Å²) in [6.07, 6.45) is 1.06. The zero-order valence-electron chi connectivity index (χ0n) is 19.4. The Kier molecular flexibility index (Phi) is 4.43. The first-order valence-corrected chi connectivity index (χ1v) is 11.8. The van der Waals surface area contributed by atoms with E-state index in [4.69, 9.17) is 6.72 Å². The lowest BCUT2D eigenvalue weighted by Gasteiger charge is -2.28. The third kappa shape index (κ3) is 2.62. The highest BCUT2D eigenvalue weighted by molar-refractivity contribution is 5.71. The van der Waals surface area contributed by atoms with Gasteiger partial charge in [-0.2, -0.15) is 9.06 Å². The summed E-state index contributed by atoms with van der Waals surface area (Å²) in [5.74, 6) is 0. The van der Waals surface area contributed by atoms with E-state index in [0.29, 0.717) is 12.1 Å². The standard InChI is InChI=1S/C31H30N2/c1-23-14-18-27(19-15-23)33(28-20-16-24(2)17-21-28)30-22-29(25-10-6-4-7-11-25)32(3)31(30,33)26-12-8-5-9-13-26/h4-21,29-30H,3,22H2,1-2H3/q+2/t29?,30-,31+/m1/s1. The Morgan fingerprint density at radius 3 is 1.70 bits per heavy atom. The van der Waals surface area contributed by atoms with E-state index in [1.165, 1.54) is 33.6 Å². The van der Waals surface area contributed by atoms with Crippen LogP contribution >= 0.6 is 0 Å². The molecule has 2 nitrogen and oxygen atoms in total. The van der Waals surface area contributed by atoms with E-state index in [-0.39, 0.29) is 5.66 Å². The van der Waals surface area contributed by atoms with Gasteiger partial charge in [-0.15, -0.1) is 0 Å². The fraction of sp³-hybridized carbons (Fsp3) is 0.194. The Hall–Kier alpha value is -3.49. The molecular weight excluding hydrogens is 400 g/mol. The highest BCUT2D eigenvalue weighted by atomic mass is 15.7. The Balaban J connectivity index is 1.61. The number of benzene rings is 4. The van der Waals surface area contributed by atoms with Crippen molar-refractivity contribution in [2.45, 2.75) is 38.0 Å². The van der Waals surface area contributed by atoms with Gasteiger partial charge in [0.05, 0.1) is 12.0 Å². The molecule has 0 aromatic heterocycles. The maximum atomic E-state index is 4.77. The van der Waals surface area contributed by atoms with Crippen molar-refractivity contribution >= 4 is 18.1 Å². The SMILES string of the molecule is C=[N+]1C(c2ccccc2)C[C@@H]2[C@]1(c1ccccc1)[N+]2(c1ccc(C)cc1)c1ccc(C)cc1. The molecule has 0 saturated carbocycles. The fourth-order valence-electron chi connectivity index (χ4n) is 6.46. The third-order valence-corrected chi connectivity index (χ3v) is 7.93. The molecule has 0 amide bonds. The Labute approximate surface area is 196 Å². The second kappa shape index (κ2) is 7.26. The summed E-state index contributed by atoms with van der Waals surface area (Å²) in [4.78, 5) is 0. The first kappa shape index (κ1) is 20.1. The summed E-state index contributed by atoms with van der Waals surface area (Å²) in [5, 5.41) is 0. The molecule has 0 spiro atoms. The van der Waals surface area contributed by atoms with E-state index >= 15 is 0 Å². The molecule has 0 N–H and O–H groups in total. The van der Waals surface area contributed by atoms with Crippen molar-refractivity contribution in [2.75, 3.05) is 0 Å². The van der Waals surface area contributed by atoms with Crippen molar-refractivity contribution < 1.29 is 4.58 Å². The number of rotatable bonds is 4. The lowest BCUT2D eigenvalue weighted by molar-refractivity contribution is -0.616. The van der Waals surface area contributed by atoms with Gasteiger partial charge in [-0.1, -0.05) is 83.9 Å². The number of aryl methyl sites for hydroxylation is 2. The van der Waals surface area contributed by atoms with Crippen molar-refractivity contribution in [1.29, 1.82) is 0 Å². The summed E-state index contributed by atoms with van der Waals surface area (Å²) < 4.78 is 3.21. The zero-order valence-corrected chi connectivity index (χ0v) is 19.4. The molecule has 4 aromatic rings. The second-order valence-corrected chi connectivity index (χ2v) is 9.63. The molecule has 6 rings (SSSR count). The number of quaternary nitrogens is 1. The minimum Gasteiger partial charge on any atom is -0.175 e. The third-order valence-electron chi connectivity index (χ3n) is 7.93. The summed E-state index contributed by atoms with van der Waals surface area (Å²) in [6.45, 7) is 9.09. The lowest BCUT2D eigenvalue weighted by Crippen LogP contribution is -2.41. The van der Waals surface area contributed by atoms with E-state index in [9.17, 15) is 0 Å². The fourth-order valence-corrected chi connectivity index (χ4v) is 6.46. The van der Waals surface area contributed by atoms with Crippen LogP contribution < -0.4 is 4.48 Å². The van der Waals surface area contributed by atoms with Crippen LogP contribution in [0.25, 0.3) is 0 Å². The molecule has 2 aliphatic heterocycles. The average Bonchev–Trinajstić information content (AvgIpc) is 3.35. The zero-order chi connectivity index (χ0) is 22.6. The highest BCUT2D eigenvalue weighted by Crippen LogP contribution is 2.72. The van der Waals surface area contributed by atoms with Gasteiger partial charge in [0, 0.05) is 29.8 Å².